The number of benzene rings is 2. The molecule has 3 aliphatic carbocycles. The lowest BCUT2D eigenvalue weighted by molar-refractivity contribution is -0.108. The van der Waals surface area contributed by atoms with Crippen LogP contribution in [-0.2, 0) is 13.0 Å². The summed E-state index contributed by atoms with van der Waals surface area (Å²) in [4.78, 5) is 25.8. The van der Waals surface area contributed by atoms with Crippen molar-refractivity contribution in [3.05, 3.63) is 69.7 Å². The fourth-order valence-electron chi connectivity index (χ4n) is 7.57. The molecule has 1 saturated heterocycles. The summed E-state index contributed by atoms with van der Waals surface area (Å²) in [6.07, 6.45) is 4.90. The standard InChI is InChI=1S/C33H43ClN6O/c1-20-17-40(18-21(2)36-20)32(38-29-15-24-14-28(22(29)3)33(24,4)5)37-26-10-11-27-30(16-26)35-19-39(31(27)41)13-12-23-6-8-25(34)9-7-23/h6-11,16,19-22,24,28-29,36H,12-15,17-18H2,1-5H3,(H,37,38)/t20-,21+,22-,24+,28-,29-/m0/s1. The number of hydrogen-bond donors (Lipinski definition) is 2. The smallest absolute Gasteiger partial charge is 0.261 e. The van der Waals surface area contributed by atoms with E-state index in [0.29, 0.717) is 51.9 Å². The zero-order chi connectivity index (χ0) is 28.9. The van der Waals surface area contributed by atoms with Crippen LogP contribution < -0.4 is 16.2 Å². The number of nitrogens with zero attached hydrogens (tertiary/aromatic N) is 4. The normalized spacial score (nSPS) is 29.3. The minimum atomic E-state index is -0.0213. The summed E-state index contributed by atoms with van der Waals surface area (Å²) < 4.78 is 1.69. The average molecular weight is 575 g/mol. The Balaban J connectivity index is 1.24. The lowest BCUT2D eigenvalue weighted by Gasteiger charge is -2.61. The van der Waals surface area contributed by atoms with Gasteiger partial charge in [-0.2, -0.15) is 0 Å². The molecule has 2 N–H and O–H groups in total. The van der Waals surface area contributed by atoms with Crippen molar-refractivity contribution < 1.29 is 0 Å². The van der Waals surface area contributed by atoms with E-state index in [4.69, 9.17) is 16.6 Å². The first-order valence-electron chi connectivity index (χ1n) is 15.2. The predicted octanol–water partition coefficient (Wildman–Crippen LogP) is 5.81. The van der Waals surface area contributed by atoms with E-state index in [0.717, 1.165) is 55.0 Å². The van der Waals surface area contributed by atoms with Gasteiger partial charge in [0.2, 0.25) is 0 Å². The molecule has 7 rings (SSSR count). The van der Waals surface area contributed by atoms with E-state index in [1.165, 1.54) is 6.42 Å². The van der Waals surface area contributed by atoms with Gasteiger partial charge >= 0.3 is 0 Å². The Kier molecular flexibility index (Phi) is 7.62. The molecule has 4 aliphatic rings. The Morgan fingerprint density at radius 2 is 1.83 bits per heavy atom. The van der Waals surface area contributed by atoms with Crippen molar-refractivity contribution >= 4 is 34.2 Å². The maximum absolute atomic E-state index is 13.3. The van der Waals surface area contributed by atoms with Gasteiger partial charge in [-0.05, 0) is 92.2 Å². The quantitative estimate of drug-likeness (QED) is 0.297. The maximum Gasteiger partial charge on any atom is 0.261 e. The highest BCUT2D eigenvalue weighted by Crippen LogP contribution is 2.61. The highest BCUT2D eigenvalue weighted by atomic mass is 35.5. The number of guanidine groups is 1. The highest BCUT2D eigenvalue weighted by molar-refractivity contribution is 6.30. The Morgan fingerprint density at radius 3 is 2.51 bits per heavy atom. The van der Waals surface area contributed by atoms with Crippen molar-refractivity contribution in [3.63, 3.8) is 0 Å². The minimum Gasteiger partial charge on any atom is -0.340 e. The second kappa shape index (κ2) is 11.1. The van der Waals surface area contributed by atoms with Crippen LogP contribution in [0.5, 0.6) is 0 Å². The fraction of sp³-hybridized carbons (Fsp3) is 0.545. The van der Waals surface area contributed by atoms with Crippen molar-refractivity contribution in [1.82, 2.24) is 19.8 Å². The molecule has 6 atom stereocenters. The van der Waals surface area contributed by atoms with Gasteiger partial charge in [-0.1, -0.05) is 44.5 Å². The molecular formula is C33H43ClN6O. The van der Waals surface area contributed by atoms with E-state index in [2.05, 4.69) is 55.1 Å². The third kappa shape index (κ3) is 5.63. The van der Waals surface area contributed by atoms with Crippen molar-refractivity contribution in [2.75, 3.05) is 18.4 Å². The molecule has 2 aromatic carbocycles. The van der Waals surface area contributed by atoms with E-state index in [-0.39, 0.29) is 5.56 Å². The van der Waals surface area contributed by atoms with E-state index in [1.807, 2.05) is 42.5 Å². The molecule has 0 radical (unpaired) electrons. The summed E-state index contributed by atoms with van der Waals surface area (Å²) in [7, 11) is 0. The van der Waals surface area contributed by atoms with Crippen LogP contribution in [0, 0.1) is 23.2 Å². The van der Waals surface area contributed by atoms with E-state index in [1.54, 1.807) is 10.9 Å². The van der Waals surface area contributed by atoms with Crippen molar-refractivity contribution in [2.45, 2.75) is 78.6 Å². The van der Waals surface area contributed by atoms with Crippen LogP contribution in [0.15, 0.2) is 58.6 Å². The van der Waals surface area contributed by atoms with Crippen LogP contribution in [0.3, 0.4) is 0 Å². The number of halogens is 1. The largest absolute Gasteiger partial charge is 0.340 e. The Morgan fingerprint density at radius 1 is 1.10 bits per heavy atom. The molecule has 218 valence electrons. The molecule has 0 unspecified atom stereocenters. The zero-order valence-electron chi connectivity index (χ0n) is 24.9. The van der Waals surface area contributed by atoms with Crippen LogP contribution in [0.4, 0.5) is 5.69 Å². The van der Waals surface area contributed by atoms with Gasteiger partial charge in [-0.25, -0.2) is 9.98 Å². The Labute approximate surface area is 248 Å². The van der Waals surface area contributed by atoms with Crippen LogP contribution in [0.25, 0.3) is 10.9 Å². The average Bonchev–Trinajstić information content (AvgIpc) is 2.93. The van der Waals surface area contributed by atoms with Gasteiger partial charge < -0.3 is 15.5 Å². The molecule has 3 saturated carbocycles. The van der Waals surface area contributed by atoms with E-state index < -0.39 is 0 Å². The number of anilines is 1. The number of fused-ring (bicyclic) bond motifs is 3. The number of rotatable bonds is 5. The van der Waals surface area contributed by atoms with Crippen LogP contribution in [-0.4, -0.2) is 51.6 Å². The first-order valence-corrected chi connectivity index (χ1v) is 15.6. The number of aromatic nitrogens is 2. The van der Waals surface area contributed by atoms with Crippen molar-refractivity contribution in [3.8, 4) is 0 Å². The lowest BCUT2D eigenvalue weighted by atomic mass is 9.45. The molecule has 0 spiro atoms. The summed E-state index contributed by atoms with van der Waals surface area (Å²) >= 11 is 6.01. The molecule has 2 bridgehead atoms. The van der Waals surface area contributed by atoms with Gasteiger partial charge in [0.05, 0.1) is 23.3 Å². The third-order valence-corrected chi connectivity index (χ3v) is 10.3. The SMILES string of the molecule is C[C@@H]1[C@@H](N=C(Nc2ccc3c(=O)n(CCc4ccc(Cl)cc4)cnc3c2)N2C[C@@H](C)N[C@@H](C)C2)C[C@H]2C[C@@H]1C2(C)C. The lowest BCUT2D eigenvalue weighted by Crippen LogP contribution is -2.59. The van der Waals surface area contributed by atoms with Crippen LogP contribution >= 0.6 is 11.6 Å². The molecule has 4 fully saturated rings. The number of aryl methyl sites for hydroxylation is 2. The molecule has 8 heteroatoms. The monoisotopic (exact) mass is 574 g/mol. The summed E-state index contributed by atoms with van der Waals surface area (Å²) in [5.74, 6) is 3.00. The number of nitrogens with one attached hydrogen (secondary N) is 2. The number of piperazine rings is 1. The van der Waals surface area contributed by atoms with Gasteiger partial charge in [-0.3, -0.25) is 9.36 Å². The molecule has 41 heavy (non-hydrogen) atoms. The first-order chi connectivity index (χ1) is 19.6. The van der Waals surface area contributed by atoms with Crippen LogP contribution in [0.1, 0.15) is 53.0 Å². The van der Waals surface area contributed by atoms with Gasteiger partial charge in [0.1, 0.15) is 0 Å². The molecule has 1 aromatic heterocycles. The second-order valence-corrected chi connectivity index (χ2v) is 13.8. The third-order valence-electron chi connectivity index (χ3n) is 10.1. The topological polar surface area (TPSA) is 74.5 Å². The molecule has 2 heterocycles. The summed E-state index contributed by atoms with van der Waals surface area (Å²) in [5, 5.41) is 8.66. The summed E-state index contributed by atoms with van der Waals surface area (Å²) in [6.45, 7) is 14.1. The minimum absolute atomic E-state index is 0.0213. The number of aliphatic imine (C=N–C) groups is 1. The number of hydrogen-bond acceptors (Lipinski definition) is 4. The van der Waals surface area contributed by atoms with Gasteiger partial charge in [0.15, 0.2) is 5.96 Å². The van der Waals surface area contributed by atoms with E-state index in [9.17, 15) is 4.79 Å². The molecular weight excluding hydrogens is 532 g/mol. The first kappa shape index (κ1) is 28.2. The van der Waals surface area contributed by atoms with Gasteiger partial charge in [0.25, 0.3) is 5.56 Å². The second-order valence-electron chi connectivity index (χ2n) is 13.3. The van der Waals surface area contributed by atoms with Gasteiger partial charge in [0, 0.05) is 42.4 Å². The fourth-order valence-corrected chi connectivity index (χ4v) is 7.69. The Bertz CT molecular complexity index is 1490. The van der Waals surface area contributed by atoms with Crippen molar-refractivity contribution in [2.24, 2.45) is 28.2 Å². The van der Waals surface area contributed by atoms with E-state index >= 15 is 0 Å². The molecule has 0 amide bonds. The predicted molar refractivity (Wildman–Crippen MR) is 169 cm³/mol. The maximum atomic E-state index is 13.3. The summed E-state index contributed by atoms with van der Waals surface area (Å²) in [5.41, 5.74) is 3.15. The van der Waals surface area contributed by atoms with Crippen molar-refractivity contribution in [1.29, 1.82) is 0 Å². The Hall–Kier alpha value is -2.90. The zero-order valence-corrected chi connectivity index (χ0v) is 25.7. The van der Waals surface area contributed by atoms with Gasteiger partial charge in [-0.15, -0.1) is 0 Å². The summed E-state index contributed by atoms with van der Waals surface area (Å²) in [6, 6.07) is 14.7. The molecule has 1 aliphatic heterocycles. The molecule has 7 nitrogen and oxygen atoms in total. The molecule has 3 aromatic rings. The highest BCUT2D eigenvalue weighted by Gasteiger charge is 2.56. The van der Waals surface area contributed by atoms with Crippen LogP contribution in [0.2, 0.25) is 5.02 Å².